The van der Waals surface area contributed by atoms with Crippen molar-refractivity contribution in [2.75, 3.05) is 7.05 Å². The van der Waals surface area contributed by atoms with Crippen LogP contribution >= 0.6 is 0 Å². The summed E-state index contributed by atoms with van der Waals surface area (Å²) in [5, 5.41) is 24.7. The average Bonchev–Trinajstić information content (AvgIpc) is 2.82. The van der Waals surface area contributed by atoms with E-state index in [0.717, 1.165) is 44.4 Å². The van der Waals surface area contributed by atoms with Crippen LogP contribution in [0.15, 0.2) is 36.0 Å². The molecule has 0 radical (unpaired) electrons. The largest absolute Gasteiger partial charge is 0.465 e. The van der Waals surface area contributed by atoms with Crippen LogP contribution in [0, 0.1) is 5.92 Å². The molecule has 0 aromatic rings. The second-order valence-electron chi connectivity index (χ2n) is 9.44. The van der Waals surface area contributed by atoms with Crippen LogP contribution in [0.3, 0.4) is 0 Å². The Bertz CT molecular complexity index is 664. The molecule has 0 aromatic carbocycles. The summed E-state index contributed by atoms with van der Waals surface area (Å²) in [4.78, 5) is 21.0. The van der Waals surface area contributed by atoms with Crippen molar-refractivity contribution in [2.24, 2.45) is 5.92 Å². The molecule has 196 valence electrons. The summed E-state index contributed by atoms with van der Waals surface area (Å²) < 4.78 is 6.13. The third-order valence-corrected chi connectivity index (χ3v) is 6.00. The Balaban J connectivity index is 0.00000138. The van der Waals surface area contributed by atoms with Gasteiger partial charge in [0, 0.05) is 13.1 Å². The SMILES string of the molecule is CC/C=C\C(=O)NC1CCC(C/C=C(C)/C=C/C2CCCC(C)(C)O2)CC1.CNC(=O)O.OO. The summed E-state index contributed by atoms with van der Waals surface area (Å²) in [7, 11) is 1.35. The van der Waals surface area contributed by atoms with E-state index in [1.807, 2.05) is 18.3 Å². The average molecular weight is 483 g/mol. The zero-order valence-electron chi connectivity index (χ0n) is 21.5. The highest BCUT2D eigenvalue weighted by atomic mass is 17.0. The van der Waals surface area contributed by atoms with Gasteiger partial charge in [-0.15, -0.1) is 0 Å². The maximum Gasteiger partial charge on any atom is 0.404 e. The van der Waals surface area contributed by atoms with Gasteiger partial charge in [-0.3, -0.25) is 15.3 Å². The first-order valence-electron chi connectivity index (χ1n) is 12.3. The lowest BCUT2D eigenvalue weighted by Gasteiger charge is -2.34. The van der Waals surface area contributed by atoms with Crippen LogP contribution in [-0.2, 0) is 9.53 Å². The fourth-order valence-electron chi connectivity index (χ4n) is 4.09. The lowest BCUT2D eigenvalue weighted by Crippen LogP contribution is -2.36. The zero-order valence-corrected chi connectivity index (χ0v) is 21.5. The van der Waals surface area contributed by atoms with E-state index in [2.05, 4.69) is 44.3 Å². The predicted octanol–water partition coefficient (Wildman–Crippen LogP) is 5.77. The molecule has 1 atom stereocenters. The van der Waals surface area contributed by atoms with Gasteiger partial charge in [-0.05, 0) is 90.6 Å². The van der Waals surface area contributed by atoms with Crippen molar-refractivity contribution in [3.8, 4) is 0 Å². The highest BCUT2D eigenvalue weighted by Gasteiger charge is 2.26. The second kappa shape index (κ2) is 18.2. The van der Waals surface area contributed by atoms with Crippen molar-refractivity contribution < 1.29 is 29.9 Å². The number of ether oxygens (including phenoxy) is 1. The number of hydrogen-bond donors (Lipinski definition) is 5. The van der Waals surface area contributed by atoms with Gasteiger partial charge in [0.15, 0.2) is 0 Å². The van der Waals surface area contributed by atoms with Gasteiger partial charge in [-0.25, -0.2) is 4.79 Å². The Morgan fingerprint density at radius 2 is 1.71 bits per heavy atom. The van der Waals surface area contributed by atoms with Gasteiger partial charge in [0.2, 0.25) is 5.91 Å². The molecule has 1 aliphatic heterocycles. The number of carbonyl (C=O) groups is 2. The van der Waals surface area contributed by atoms with E-state index < -0.39 is 6.09 Å². The number of rotatable bonds is 7. The Labute approximate surface area is 205 Å². The lowest BCUT2D eigenvalue weighted by molar-refractivity contribution is -0.176. The van der Waals surface area contributed by atoms with Crippen LogP contribution in [0.5, 0.6) is 0 Å². The fraction of sp³-hybridized carbons (Fsp3) is 0.692. The molecule has 1 saturated heterocycles. The third kappa shape index (κ3) is 15.6. The van der Waals surface area contributed by atoms with Crippen molar-refractivity contribution in [1.82, 2.24) is 10.6 Å². The van der Waals surface area contributed by atoms with Gasteiger partial charge in [0.25, 0.3) is 0 Å². The smallest absolute Gasteiger partial charge is 0.404 e. The Morgan fingerprint density at radius 1 is 1.09 bits per heavy atom. The molecule has 2 rings (SSSR count). The minimum Gasteiger partial charge on any atom is -0.465 e. The first-order chi connectivity index (χ1) is 16.1. The Kier molecular flexibility index (Phi) is 17.0. The fourth-order valence-corrected chi connectivity index (χ4v) is 4.09. The second-order valence-corrected chi connectivity index (χ2v) is 9.44. The summed E-state index contributed by atoms with van der Waals surface area (Å²) in [6.07, 6.45) is 19.9. The molecule has 8 heteroatoms. The number of hydrogen-bond acceptors (Lipinski definition) is 5. The highest BCUT2D eigenvalue weighted by molar-refractivity contribution is 5.87. The zero-order chi connectivity index (χ0) is 26.0. The summed E-state index contributed by atoms with van der Waals surface area (Å²) in [6, 6.07) is 0.354. The van der Waals surface area contributed by atoms with E-state index in [1.165, 1.54) is 31.9 Å². The summed E-state index contributed by atoms with van der Waals surface area (Å²) in [6.45, 7) is 8.61. The van der Waals surface area contributed by atoms with Crippen molar-refractivity contribution in [3.63, 3.8) is 0 Å². The molecule has 34 heavy (non-hydrogen) atoms. The molecular formula is C26H46N2O6. The van der Waals surface area contributed by atoms with Gasteiger partial charge in [-0.2, -0.15) is 0 Å². The van der Waals surface area contributed by atoms with Gasteiger partial charge < -0.3 is 20.5 Å². The summed E-state index contributed by atoms with van der Waals surface area (Å²) >= 11 is 0. The van der Waals surface area contributed by atoms with Crippen LogP contribution in [0.2, 0.25) is 0 Å². The molecule has 2 fully saturated rings. The maximum atomic E-state index is 11.8. The maximum absolute atomic E-state index is 11.8. The van der Waals surface area contributed by atoms with E-state index >= 15 is 0 Å². The standard InChI is InChI=1S/C24H39NO2.C2H5NO2.H2O2/c1-5-6-9-23(26)25-21-15-13-20(14-16-21)12-10-19(2)11-17-22-8-7-18-24(3,4)27-22;1-3-2(4)5;1-2/h6,9-11,17,20-22H,5,7-8,12-16,18H2,1-4H3,(H,25,26);3H,1H3,(H,4,5);1-2H/b9-6-,17-11+,19-10+;;. The van der Waals surface area contributed by atoms with Crippen LogP contribution in [-0.4, -0.2) is 52.4 Å². The molecule has 1 aliphatic carbocycles. The number of nitrogens with one attached hydrogen (secondary N) is 2. The van der Waals surface area contributed by atoms with Gasteiger partial charge >= 0.3 is 6.09 Å². The number of carbonyl (C=O) groups excluding carboxylic acids is 1. The minimum absolute atomic E-state index is 0.0191. The summed E-state index contributed by atoms with van der Waals surface area (Å²) in [5.74, 6) is 0.812. The molecule has 2 amide bonds. The van der Waals surface area contributed by atoms with E-state index in [1.54, 1.807) is 6.08 Å². The Hall–Kier alpha value is -2.16. The molecule has 5 N–H and O–H groups in total. The quantitative estimate of drug-likeness (QED) is 0.136. The summed E-state index contributed by atoms with van der Waals surface area (Å²) in [5.41, 5.74) is 1.35. The molecule has 0 spiro atoms. The van der Waals surface area contributed by atoms with Crippen molar-refractivity contribution in [1.29, 1.82) is 0 Å². The molecule has 1 saturated carbocycles. The Morgan fingerprint density at radius 3 is 2.24 bits per heavy atom. The topological polar surface area (TPSA) is 128 Å². The van der Waals surface area contributed by atoms with Crippen LogP contribution < -0.4 is 10.6 Å². The van der Waals surface area contributed by atoms with E-state index in [0.29, 0.717) is 6.04 Å². The van der Waals surface area contributed by atoms with Crippen molar-refractivity contribution >= 4 is 12.0 Å². The van der Waals surface area contributed by atoms with Crippen molar-refractivity contribution in [2.45, 2.75) is 103 Å². The minimum atomic E-state index is -0.995. The van der Waals surface area contributed by atoms with Crippen LogP contribution in [0.1, 0.15) is 85.5 Å². The van der Waals surface area contributed by atoms with Gasteiger partial charge in [0.05, 0.1) is 11.7 Å². The van der Waals surface area contributed by atoms with Crippen LogP contribution in [0.4, 0.5) is 4.79 Å². The number of carboxylic acid groups (broad SMARTS) is 1. The number of allylic oxidation sites excluding steroid dienone is 4. The van der Waals surface area contributed by atoms with Crippen LogP contribution in [0.25, 0.3) is 0 Å². The van der Waals surface area contributed by atoms with Crippen molar-refractivity contribution in [3.05, 3.63) is 36.0 Å². The monoisotopic (exact) mass is 482 g/mol. The first kappa shape index (κ1) is 31.8. The third-order valence-electron chi connectivity index (χ3n) is 6.00. The molecule has 0 bridgehead atoms. The highest BCUT2D eigenvalue weighted by Crippen LogP contribution is 2.29. The molecule has 0 aromatic heterocycles. The van der Waals surface area contributed by atoms with Gasteiger partial charge in [0.1, 0.15) is 0 Å². The first-order valence-corrected chi connectivity index (χ1v) is 12.3. The lowest BCUT2D eigenvalue weighted by atomic mass is 9.83. The molecule has 8 nitrogen and oxygen atoms in total. The molecule has 2 aliphatic rings. The normalized spacial score (nSPS) is 24.4. The van der Waals surface area contributed by atoms with Gasteiger partial charge in [-0.1, -0.05) is 36.8 Å². The van der Waals surface area contributed by atoms with E-state index in [9.17, 15) is 9.59 Å². The molecule has 1 unspecified atom stereocenters. The van der Waals surface area contributed by atoms with E-state index in [-0.39, 0.29) is 17.6 Å². The number of amides is 2. The molecular weight excluding hydrogens is 436 g/mol. The van der Waals surface area contributed by atoms with E-state index in [4.69, 9.17) is 20.4 Å². The molecule has 1 heterocycles. The predicted molar refractivity (Wildman–Crippen MR) is 136 cm³/mol.